The van der Waals surface area contributed by atoms with Gasteiger partial charge in [-0.1, -0.05) is 42.5 Å². The average molecular weight is 484 g/mol. The standard InChI is InChI=1S/C25H29N3O5S/c1-18(28-13-11-26-12-14-28)33-22-10-9-20-15-19(7-8-21(20)17-22)16-24(25(29)30)27-34(31,32)23-5-3-2-4-6-23/h2-10,15,17-18,24,26-27H,11-14,16H2,1H3,(H,29,30). The van der Waals surface area contributed by atoms with Gasteiger partial charge in [0, 0.05) is 26.2 Å². The number of nitrogens with one attached hydrogen (secondary N) is 2. The summed E-state index contributed by atoms with van der Waals surface area (Å²) in [5.74, 6) is -0.462. The minimum atomic E-state index is -3.95. The van der Waals surface area contributed by atoms with Crippen molar-refractivity contribution in [2.45, 2.75) is 30.5 Å². The molecule has 0 spiro atoms. The van der Waals surface area contributed by atoms with Crippen molar-refractivity contribution in [2.24, 2.45) is 0 Å². The van der Waals surface area contributed by atoms with Crippen LogP contribution in [0.1, 0.15) is 12.5 Å². The van der Waals surface area contributed by atoms with Gasteiger partial charge in [0.2, 0.25) is 10.0 Å². The van der Waals surface area contributed by atoms with Gasteiger partial charge in [-0.05, 0) is 53.9 Å². The predicted molar refractivity (Wildman–Crippen MR) is 130 cm³/mol. The number of rotatable bonds is 9. The van der Waals surface area contributed by atoms with Crippen LogP contribution in [0.15, 0.2) is 71.6 Å². The van der Waals surface area contributed by atoms with E-state index in [0.29, 0.717) is 0 Å². The molecular formula is C25H29N3O5S. The first-order valence-electron chi connectivity index (χ1n) is 11.3. The molecule has 0 radical (unpaired) electrons. The van der Waals surface area contributed by atoms with E-state index in [1.165, 1.54) is 12.1 Å². The first-order valence-corrected chi connectivity index (χ1v) is 12.7. The van der Waals surface area contributed by atoms with E-state index in [4.69, 9.17) is 4.74 Å². The second-order valence-electron chi connectivity index (χ2n) is 8.38. The van der Waals surface area contributed by atoms with Crippen LogP contribution in [0.25, 0.3) is 10.8 Å². The van der Waals surface area contributed by atoms with Gasteiger partial charge in [0.1, 0.15) is 18.0 Å². The summed E-state index contributed by atoms with van der Waals surface area (Å²) in [5.41, 5.74) is 0.721. The quantitative estimate of drug-likeness (QED) is 0.429. The molecule has 3 aromatic rings. The van der Waals surface area contributed by atoms with Crippen LogP contribution in [0.4, 0.5) is 0 Å². The molecule has 3 aromatic carbocycles. The van der Waals surface area contributed by atoms with E-state index in [1.807, 2.05) is 43.3 Å². The summed E-state index contributed by atoms with van der Waals surface area (Å²) >= 11 is 0. The molecule has 1 heterocycles. The Bertz CT molecular complexity index is 1240. The summed E-state index contributed by atoms with van der Waals surface area (Å²) in [5, 5.41) is 14.9. The molecule has 0 bridgehead atoms. The van der Waals surface area contributed by atoms with E-state index in [-0.39, 0.29) is 17.5 Å². The van der Waals surface area contributed by atoms with Crippen LogP contribution in [-0.2, 0) is 21.2 Å². The predicted octanol–water partition coefficient (Wildman–Crippen LogP) is 2.44. The molecule has 8 nitrogen and oxygen atoms in total. The molecule has 0 aromatic heterocycles. The van der Waals surface area contributed by atoms with Crippen LogP contribution < -0.4 is 14.8 Å². The maximum absolute atomic E-state index is 12.6. The molecule has 3 N–H and O–H groups in total. The van der Waals surface area contributed by atoms with Crippen molar-refractivity contribution in [1.82, 2.24) is 14.9 Å². The minimum Gasteiger partial charge on any atom is -0.480 e. The summed E-state index contributed by atoms with van der Waals surface area (Å²) < 4.78 is 33.6. The molecule has 1 fully saturated rings. The van der Waals surface area contributed by atoms with E-state index in [2.05, 4.69) is 14.9 Å². The Labute approximate surface area is 199 Å². The Hall–Kier alpha value is -2.98. The van der Waals surface area contributed by atoms with E-state index >= 15 is 0 Å². The zero-order valence-corrected chi connectivity index (χ0v) is 19.8. The highest BCUT2D eigenvalue weighted by molar-refractivity contribution is 7.89. The largest absolute Gasteiger partial charge is 0.480 e. The number of fused-ring (bicyclic) bond motifs is 1. The fourth-order valence-corrected chi connectivity index (χ4v) is 5.27. The third kappa shape index (κ3) is 5.92. The van der Waals surface area contributed by atoms with Crippen LogP contribution in [0, 0.1) is 0 Å². The molecule has 180 valence electrons. The van der Waals surface area contributed by atoms with Crippen molar-refractivity contribution in [3.63, 3.8) is 0 Å². The average Bonchev–Trinajstić information content (AvgIpc) is 2.84. The number of nitrogens with zero attached hydrogens (tertiary/aromatic N) is 1. The monoisotopic (exact) mass is 483 g/mol. The van der Waals surface area contributed by atoms with Gasteiger partial charge in [0.25, 0.3) is 0 Å². The first-order chi connectivity index (χ1) is 16.3. The number of carbonyl (C=O) groups is 1. The first kappa shape index (κ1) is 24.2. The van der Waals surface area contributed by atoms with Gasteiger partial charge in [-0.3, -0.25) is 9.69 Å². The van der Waals surface area contributed by atoms with Gasteiger partial charge >= 0.3 is 5.97 Å². The Kier molecular flexibility index (Phi) is 7.47. The van der Waals surface area contributed by atoms with Gasteiger partial charge in [-0.25, -0.2) is 8.42 Å². The molecule has 0 aliphatic carbocycles. The van der Waals surface area contributed by atoms with Crippen molar-refractivity contribution >= 4 is 26.8 Å². The molecule has 1 aliphatic rings. The van der Waals surface area contributed by atoms with Crippen molar-refractivity contribution in [2.75, 3.05) is 26.2 Å². The molecule has 2 atom stereocenters. The molecule has 34 heavy (non-hydrogen) atoms. The number of piperazine rings is 1. The van der Waals surface area contributed by atoms with E-state index in [1.54, 1.807) is 18.2 Å². The maximum Gasteiger partial charge on any atom is 0.322 e. The molecule has 0 saturated carbocycles. The molecular weight excluding hydrogens is 454 g/mol. The summed E-state index contributed by atoms with van der Waals surface area (Å²) in [6, 6.07) is 17.9. The van der Waals surface area contributed by atoms with E-state index < -0.39 is 22.0 Å². The Morgan fingerprint density at radius 2 is 1.74 bits per heavy atom. The minimum absolute atomic E-state index is 0.0234. The fourth-order valence-electron chi connectivity index (χ4n) is 4.06. The molecule has 0 amide bonds. The number of ether oxygens (including phenoxy) is 1. The van der Waals surface area contributed by atoms with Crippen LogP contribution in [0.2, 0.25) is 0 Å². The Morgan fingerprint density at radius 3 is 2.44 bits per heavy atom. The van der Waals surface area contributed by atoms with Gasteiger partial charge < -0.3 is 15.2 Å². The highest BCUT2D eigenvalue weighted by Gasteiger charge is 2.25. The molecule has 9 heteroatoms. The lowest BCUT2D eigenvalue weighted by Crippen LogP contribution is -2.49. The van der Waals surface area contributed by atoms with Gasteiger partial charge in [0.05, 0.1) is 4.90 Å². The third-order valence-electron chi connectivity index (χ3n) is 5.94. The van der Waals surface area contributed by atoms with Crippen molar-refractivity contribution in [3.8, 4) is 5.75 Å². The lowest BCUT2D eigenvalue weighted by Gasteiger charge is -2.32. The summed E-state index contributed by atoms with van der Waals surface area (Å²) in [7, 11) is -3.95. The SMILES string of the molecule is CC(Oc1ccc2cc(CC(NS(=O)(=O)c3ccccc3)C(=O)O)ccc2c1)N1CCNCC1. The van der Waals surface area contributed by atoms with Crippen LogP contribution in [0.3, 0.4) is 0 Å². The highest BCUT2D eigenvalue weighted by Crippen LogP contribution is 2.24. The molecule has 4 rings (SSSR count). The second-order valence-corrected chi connectivity index (χ2v) is 10.1. The van der Waals surface area contributed by atoms with Crippen molar-refractivity contribution in [3.05, 3.63) is 72.3 Å². The zero-order valence-electron chi connectivity index (χ0n) is 19.0. The summed E-state index contributed by atoms with van der Waals surface area (Å²) in [6.45, 7) is 5.83. The molecule has 1 aliphatic heterocycles. The number of carboxylic acids is 1. The summed E-state index contributed by atoms with van der Waals surface area (Å²) in [6.07, 6.45) is -0.0110. The topological polar surface area (TPSA) is 108 Å². The van der Waals surface area contributed by atoms with Crippen LogP contribution in [0.5, 0.6) is 5.75 Å². The van der Waals surface area contributed by atoms with Crippen LogP contribution >= 0.6 is 0 Å². The number of benzene rings is 3. The smallest absolute Gasteiger partial charge is 0.322 e. The molecule has 1 saturated heterocycles. The Morgan fingerprint density at radius 1 is 1.06 bits per heavy atom. The third-order valence-corrected chi connectivity index (χ3v) is 7.42. The van der Waals surface area contributed by atoms with Crippen molar-refractivity contribution in [1.29, 1.82) is 0 Å². The van der Waals surface area contributed by atoms with Crippen LogP contribution in [-0.4, -0.2) is 62.8 Å². The van der Waals surface area contributed by atoms with E-state index in [0.717, 1.165) is 48.3 Å². The number of aliphatic carboxylic acids is 1. The lowest BCUT2D eigenvalue weighted by atomic mass is 10.0. The number of hydrogen-bond acceptors (Lipinski definition) is 6. The lowest BCUT2D eigenvalue weighted by molar-refractivity contribution is -0.138. The number of sulfonamides is 1. The van der Waals surface area contributed by atoms with Gasteiger partial charge in [-0.2, -0.15) is 4.72 Å². The Balaban J connectivity index is 1.47. The number of hydrogen-bond donors (Lipinski definition) is 3. The van der Waals surface area contributed by atoms with Crippen molar-refractivity contribution < 1.29 is 23.1 Å². The number of carboxylic acid groups (broad SMARTS) is 1. The van der Waals surface area contributed by atoms with E-state index in [9.17, 15) is 18.3 Å². The second kappa shape index (κ2) is 10.5. The van der Waals surface area contributed by atoms with Gasteiger partial charge in [-0.15, -0.1) is 0 Å². The fraction of sp³-hybridized carbons (Fsp3) is 0.320. The zero-order chi connectivity index (χ0) is 24.1. The normalized spacial score (nSPS) is 16.7. The molecule has 2 unspecified atom stereocenters. The van der Waals surface area contributed by atoms with Gasteiger partial charge in [0.15, 0.2) is 0 Å². The summed E-state index contributed by atoms with van der Waals surface area (Å²) in [4.78, 5) is 14.1. The maximum atomic E-state index is 12.6. The highest BCUT2D eigenvalue weighted by atomic mass is 32.2.